The molecule has 1 N–H and O–H groups in total. The molecule has 0 radical (unpaired) electrons. The minimum absolute atomic E-state index is 0.0852. The van der Waals surface area contributed by atoms with Gasteiger partial charge in [0, 0.05) is 49.8 Å². The highest BCUT2D eigenvalue weighted by Gasteiger charge is 2.31. The summed E-state index contributed by atoms with van der Waals surface area (Å²) in [6.45, 7) is 4.06. The molecule has 1 aliphatic heterocycles. The predicted octanol–water partition coefficient (Wildman–Crippen LogP) is 3.68. The molecule has 4 rings (SSSR count). The number of pyridine rings is 2. The molecule has 0 unspecified atom stereocenters. The Balaban J connectivity index is 1.49. The van der Waals surface area contributed by atoms with Gasteiger partial charge in [-0.15, -0.1) is 0 Å². The summed E-state index contributed by atoms with van der Waals surface area (Å²) < 4.78 is 18.7. The summed E-state index contributed by atoms with van der Waals surface area (Å²) >= 11 is 6.24. The molecule has 3 heterocycles. The highest BCUT2D eigenvalue weighted by Crippen LogP contribution is 2.32. The van der Waals surface area contributed by atoms with E-state index >= 15 is 0 Å². The number of nitrogens with zero attached hydrogens (tertiary/aromatic N) is 5. The molecule has 2 aromatic heterocycles. The zero-order chi connectivity index (χ0) is 22.0. The van der Waals surface area contributed by atoms with Crippen molar-refractivity contribution < 1.29 is 9.13 Å². The molecule has 0 amide bonds. The van der Waals surface area contributed by atoms with Gasteiger partial charge in [-0.1, -0.05) is 17.7 Å². The Bertz CT molecular complexity index is 1070. The first-order valence-electron chi connectivity index (χ1n) is 10.2. The van der Waals surface area contributed by atoms with Crippen LogP contribution in [-0.2, 0) is 19.5 Å². The van der Waals surface area contributed by atoms with Crippen LogP contribution in [0, 0.1) is 29.6 Å². The highest BCUT2D eigenvalue weighted by atomic mass is 35.5. The summed E-state index contributed by atoms with van der Waals surface area (Å²) in [6.07, 6.45) is 0.712. The van der Waals surface area contributed by atoms with Crippen molar-refractivity contribution in [2.45, 2.75) is 51.6 Å². The zero-order valence-corrected chi connectivity index (χ0v) is 17.9. The summed E-state index contributed by atoms with van der Waals surface area (Å²) in [5.41, 5.74) is 4.11. The van der Waals surface area contributed by atoms with E-state index in [2.05, 4.69) is 26.3 Å². The number of rotatable bonds is 6. The number of hydrogen-bond acceptors (Lipinski definition) is 7. The van der Waals surface area contributed by atoms with Gasteiger partial charge in [0.25, 0.3) is 0 Å². The number of anilines is 1. The van der Waals surface area contributed by atoms with Crippen molar-refractivity contribution in [3.63, 3.8) is 0 Å². The molecule has 0 spiro atoms. The standard InChI is InChI=1S/C22H22ClFN6O/c1-13-14(2-3-20(28-13)31-16-8-15(24)9-16)11-30-7-4-17-19(12-30)18(10-26)21(23)29-22(17)27-6-5-25/h2-3,15-16H,4,6-9,11-12H2,1H3,(H,27,29)/t15-,16+. The third-order valence-corrected chi connectivity index (χ3v) is 6.04. The lowest BCUT2D eigenvalue weighted by molar-refractivity contribution is 0.0376. The van der Waals surface area contributed by atoms with Crippen LogP contribution in [0.1, 0.15) is 40.8 Å². The molecule has 160 valence electrons. The van der Waals surface area contributed by atoms with Crippen LogP contribution in [-0.4, -0.2) is 40.2 Å². The van der Waals surface area contributed by atoms with Crippen LogP contribution in [0.15, 0.2) is 12.1 Å². The fourth-order valence-corrected chi connectivity index (χ4v) is 4.22. The Morgan fingerprint density at radius 2 is 2.10 bits per heavy atom. The van der Waals surface area contributed by atoms with Crippen molar-refractivity contribution in [1.29, 1.82) is 10.5 Å². The number of nitrogens with one attached hydrogen (secondary N) is 1. The lowest BCUT2D eigenvalue weighted by Crippen LogP contribution is -2.35. The van der Waals surface area contributed by atoms with E-state index in [1.54, 1.807) is 0 Å². The van der Waals surface area contributed by atoms with Crippen LogP contribution in [0.25, 0.3) is 0 Å². The van der Waals surface area contributed by atoms with Crippen LogP contribution in [0.5, 0.6) is 5.88 Å². The van der Waals surface area contributed by atoms with E-state index in [0.29, 0.717) is 49.6 Å². The molecule has 1 saturated carbocycles. The van der Waals surface area contributed by atoms with Gasteiger partial charge in [-0.25, -0.2) is 14.4 Å². The molecule has 0 atom stereocenters. The molecule has 0 bridgehead atoms. The maximum atomic E-state index is 13.0. The first-order chi connectivity index (χ1) is 15.0. The van der Waals surface area contributed by atoms with E-state index in [0.717, 1.165) is 28.9 Å². The normalized spacial score (nSPS) is 20.2. The smallest absolute Gasteiger partial charge is 0.213 e. The van der Waals surface area contributed by atoms with E-state index in [1.165, 1.54) is 0 Å². The molecule has 2 aliphatic rings. The lowest BCUT2D eigenvalue weighted by Gasteiger charge is -2.31. The summed E-state index contributed by atoms with van der Waals surface area (Å²) in [6, 6.07) is 8.03. The fraction of sp³-hybridized carbons (Fsp3) is 0.455. The van der Waals surface area contributed by atoms with E-state index in [9.17, 15) is 9.65 Å². The third-order valence-electron chi connectivity index (χ3n) is 5.76. The molecule has 0 aromatic carbocycles. The second-order valence-electron chi connectivity index (χ2n) is 7.87. The van der Waals surface area contributed by atoms with Crippen LogP contribution in [0.3, 0.4) is 0 Å². The Morgan fingerprint density at radius 1 is 1.29 bits per heavy atom. The maximum absolute atomic E-state index is 13.0. The summed E-state index contributed by atoms with van der Waals surface area (Å²) in [4.78, 5) is 11.0. The molecule has 0 saturated heterocycles. The summed E-state index contributed by atoms with van der Waals surface area (Å²) in [7, 11) is 0. The van der Waals surface area contributed by atoms with Crippen LogP contribution >= 0.6 is 11.6 Å². The number of nitriles is 2. The van der Waals surface area contributed by atoms with Crippen molar-refractivity contribution in [3.8, 4) is 18.0 Å². The Hall–Kier alpha value is -2.94. The van der Waals surface area contributed by atoms with Gasteiger partial charge in [0.1, 0.15) is 35.9 Å². The van der Waals surface area contributed by atoms with Crippen molar-refractivity contribution in [2.75, 3.05) is 18.4 Å². The Morgan fingerprint density at radius 3 is 2.77 bits per heavy atom. The number of halogens is 2. The summed E-state index contributed by atoms with van der Waals surface area (Å²) in [5, 5.41) is 21.6. The molecular weight excluding hydrogens is 419 g/mol. The van der Waals surface area contributed by atoms with Gasteiger partial charge in [-0.05, 0) is 24.5 Å². The molecule has 1 aliphatic carbocycles. The van der Waals surface area contributed by atoms with Crippen LogP contribution < -0.4 is 10.1 Å². The highest BCUT2D eigenvalue weighted by molar-refractivity contribution is 6.30. The zero-order valence-electron chi connectivity index (χ0n) is 17.2. The second kappa shape index (κ2) is 9.05. The van der Waals surface area contributed by atoms with Gasteiger partial charge in [0.2, 0.25) is 5.88 Å². The van der Waals surface area contributed by atoms with E-state index < -0.39 is 6.17 Å². The first-order valence-corrected chi connectivity index (χ1v) is 10.6. The van der Waals surface area contributed by atoms with Gasteiger partial charge >= 0.3 is 0 Å². The topological polar surface area (TPSA) is 97.9 Å². The fourth-order valence-electron chi connectivity index (χ4n) is 3.98. The average Bonchev–Trinajstić information content (AvgIpc) is 2.73. The van der Waals surface area contributed by atoms with E-state index in [-0.39, 0.29) is 17.8 Å². The largest absolute Gasteiger partial charge is 0.474 e. The second-order valence-corrected chi connectivity index (χ2v) is 8.23. The molecule has 7 nitrogen and oxygen atoms in total. The minimum atomic E-state index is -0.759. The van der Waals surface area contributed by atoms with Crippen molar-refractivity contribution in [1.82, 2.24) is 14.9 Å². The lowest BCUT2D eigenvalue weighted by atomic mass is 9.94. The quantitative estimate of drug-likeness (QED) is 0.540. The third kappa shape index (κ3) is 4.56. The Kier molecular flexibility index (Phi) is 6.22. The van der Waals surface area contributed by atoms with E-state index in [1.807, 2.05) is 25.1 Å². The number of alkyl halides is 1. The molecule has 2 aromatic rings. The van der Waals surface area contributed by atoms with Crippen molar-refractivity contribution in [3.05, 3.63) is 45.2 Å². The number of aromatic nitrogens is 2. The monoisotopic (exact) mass is 440 g/mol. The molecular formula is C22H22ClFN6O. The maximum Gasteiger partial charge on any atom is 0.213 e. The van der Waals surface area contributed by atoms with Gasteiger partial charge < -0.3 is 10.1 Å². The number of aryl methyl sites for hydroxylation is 1. The van der Waals surface area contributed by atoms with Crippen LogP contribution in [0.4, 0.5) is 10.2 Å². The first kappa shape index (κ1) is 21.3. The van der Waals surface area contributed by atoms with Gasteiger partial charge in [0.15, 0.2) is 0 Å². The minimum Gasteiger partial charge on any atom is -0.474 e. The summed E-state index contributed by atoms with van der Waals surface area (Å²) in [5.74, 6) is 1.10. The molecule has 9 heteroatoms. The Labute approximate surface area is 185 Å². The van der Waals surface area contributed by atoms with Gasteiger partial charge in [-0.2, -0.15) is 10.5 Å². The average molecular weight is 441 g/mol. The van der Waals surface area contributed by atoms with Crippen molar-refractivity contribution >= 4 is 17.4 Å². The predicted molar refractivity (Wildman–Crippen MR) is 113 cm³/mol. The number of fused-ring (bicyclic) bond motifs is 1. The SMILES string of the molecule is Cc1nc(O[C@H]2C[C@@H](F)C2)ccc1CN1CCc2c(NCC#N)nc(Cl)c(C#N)c2C1. The van der Waals surface area contributed by atoms with Crippen molar-refractivity contribution in [2.24, 2.45) is 0 Å². The molecule has 1 fully saturated rings. The van der Waals surface area contributed by atoms with Gasteiger partial charge in [-0.3, -0.25) is 4.90 Å². The number of ether oxygens (including phenoxy) is 1. The number of hydrogen-bond donors (Lipinski definition) is 1. The van der Waals surface area contributed by atoms with E-state index in [4.69, 9.17) is 21.6 Å². The van der Waals surface area contributed by atoms with Gasteiger partial charge in [0.05, 0.1) is 11.6 Å². The molecule has 31 heavy (non-hydrogen) atoms. The van der Waals surface area contributed by atoms with Crippen LogP contribution in [0.2, 0.25) is 5.15 Å².